The van der Waals surface area contributed by atoms with Gasteiger partial charge in [0.05, 0.1) is 17.0 Å². The number of carboxylic acid groups (broad SMARTS) is 1. The number of ether oxygens (including phenoxy) is 3. The van der Waals surface area contributed by atoms with Crippen LogP contribution < -0.4 is 9.47 Å². The standard InChI is InChI=1S/C20H21NO7S/c1-12(11-26-2)27-18-10-15(8-13-9-17(20(22)23)21-19(13)18)28-14-4-6-16(7-5-14)29(3,24)25/h4-10,12,21H,11H2,1-3H3,(H,22,23). The predicted octanol–water partition coefficient (Wildman–Crippen LogP) is 3.48. The highest BCUT2D eigenvalue weighted by Gasteiger charge is 2.16. The number of sulfone groups is 1. The van der Waals surface area contributed by atoms with Gasteiger partial charge in [0.1, 0.15) is 29.0 Å². The van der Waals surface area contributed by atoms with Crippen molar-refractivity contribution in [3.8, 4) is 17.2 Å². The molecule has 0 aliphatic heterocycles. The highest BCUT2D eigenvalue weighted by Crippen LogP contribution is 2.34. The Morgan fingerprint density at radius 1 is 1.14 bits per heavy atom. The lowest BCUT2D eigenvalue weighted by Crippen LogP contribution is -2.18. The molecule has 154 valence electrons. The molecule has 1 unspecified atom stereocenters. The second-order valence-corrected chi connectivity index (χ2v) is 8.62. The van der Waals surface area contributed by atoms with E-state index in [9.17, 15) is 18.3 Å². The van der Waals surface area contributed by atoms with Crippen LogP contribution in [0.3, 0.4) is 0 Å². The summed E-state index contributed by atoms with van der Waals surface area (Å²) in [4.78, 5) is 14.4. The molecule has 0 saturated heterocycles. The lowest BCUT2D eigenvalue weighted by atomic mass is 10.2. The van der Waals surface area contributed by atoms with Crippen LogP contribution in [0.2, 0.25) is 0 Å². The summed E-state index contributed by atoms with van der Waals surface area (Å²) in [5, 5.41) is 9.87. The minimum atomic E-state index is -3.30. The summed E-state index contributed by atoms with van der Waals surface area (Å²) in [5.41, 5.74) is 0.559. The Bertz CT molecular complexity index is 1130. The number of methoxy groups -OCH3 is 1. The highest BCUT2D eigenvalue weighted by atomic mass is 32.2. The number of fused-ring (bicyclic) bond motifs is 1. The highest BCUT2D eigenvalue weighted by molar-refractivity contribution is 7.90. The molecule has 2 N–H and O–H groups in total. The van der Waals surface area contributed by atoms with E-state index in [4.69, 9.17) is 14.2 Å². The molecule has 1 heterocycles. The quantitative estimate of drug-likeness (QED) is 0.574. The summed E-state index contributed by atoms with van der Waals surface area (Å²) >= 11 is 0. The number of H-pyrrole nitrogens is 1. The summed E-state index contributed by atoms with van der Waals surface area (Å²) in [5.74, 6) is 0.181. The molecule has 1 atom stereocenters. The van der Waals surface area contributed by atoms with E-state index in [1.165, 1.54) is 18.2 Å². The smallest absolute Gasteiger partial charge is 0.352 e. The Morgan fingerprint density at radius 2 is 1.83 bits per heavy atom. The lowest BCUT2D eigenvalue weighted by Gasteiger charge is -2.16. The van der Waals surface area contributed by atoms with Crippen LogP contribution in [0.15, 0.2) is 47.4 Å². The molecule has 0 fully saturated rings. The van der Waals surface area contributed by atoms with Crippen molar-refractivity contribution in [2.45, 2.75) is 17.9 Å². The van der Waals surface area contributed by atoms with E-state index in [2.05, 4.69) is 4.98 Å². The monoisotopic (exact) mass is 419 g/mol. The number of benzene rings is 2. The average molecular weight is 419 g/mol. The zero-order chi connectivity index (χ0) is 21.2. The molecule has 0 aliphatic rings. The van der Waals surface area contributed by atoms with E-state index in [1.54, 1.807) is 31.4 Å². The number of aromatic carboxylic acids is 1. The molecule has 0 saturated carbocycles. The maximum Gasteiger partial charge on any atom is 0.352 e. The molecular weight excluding hydrogens is 398 g/mol. The maximum atomic E-state index is 11.6. The molecule has 0 spiro atoms. The third-order valence-electron chi connectivity index (χ3n) is 4.11. The molecule has 9 heteroatoms. The predicted molar refractivity (Wildman–Crippen MR) is 107 cm³/mol. The van der Waals surface area contributed by atoms with Crippen LogP contribution in [-0.2, 0) is 14.6 Å². The van der Waals surface area contributed by atoms with Crippen molar-refractivity contribution in [1.82, 2.24) is 4.98 Å². The number of aromatic nitrogens is 1. The Balaban J connectivity index is 1.97. The zero-order valence-corrected chi connectivity index (χ0v) is 16.9. The van der Waals surface area contributed by atoms with Crippen molar-refractivity contribution in [1.29, 1.82) is 0 Å². The van der Waals surface area contributed by atoms with Crippen LogP contribution in [0, 0.1) is 0 Å². The summed E-state index contributed by atoms with van der Waals surface area (Å²) in [7, 11) is -1.74. The zero-order valence-electron chi connectivity index (χ0n) is 16.1. The van der Waals surface area contributed by atoms with Crippen molar-refractivity contribution < 1.29 is 32.5 Å². The van der Waals surface area contributed by atoms with Crippen molar-refractivity contribution in [2.75, 3.05) is 20.0 Å². The number of hydrogen-bond donors (Lipinski definition) is 2. The van der Waals surface area contributed by atoms with Crippen molar-refractivity contribution in [3.63, 3.8) is 0 Å². The first-order valence-corrected chi connectivity index (χ1v) is 10.6. The van der Waals surface area contributed by atoms with Crippen molar-refractivity contribution >= 4 is 26.7 Å². The Kier molecular flexibility index (Phi) is 5.81. The Labute approximate surface area is 167 Å². The molecule has 3 aromatic rings. The van der Waals surface area contributed by atoms with Gasteiger partial charge in [-0.05, 0) is 43.3 Å². The van der Waals surface area contributed by atoms with E-state index in [-0.39, 0.29) is 16.7 Å². The first-order valence-electron chi connectivity index (χ1n) is 8.71. The van der Waals surface area contributed by atoms with Crippen LogP contribution in [0.25, 0.3) is 10.9 Å². The van der Waals surface area contributed by atoms with Gasteiger partial charge >= 0.3 is 5.97 Å². The topological polar surface area (TPSA) is 115 Å². The van der Waals surface area contributed by atoms with Gasteiger partial charge in [-0.15, -0.1) is 0 Å². The fraction of sp³-hybridized carbons (Fsp3) is 0.250. The van der Waals surface area contributed by atoms with Gasteiger partial charge in [-0.25, -0.2) is 13.2 Å². The molecule has 3 rings (SSSR count). The minimum Gasteiger partial charge on any atom is -0.486 e. The van der Waals surface area contributed by atoms with Crippen LogP contribution in [0.4, 0.5) is 0 Å². The Hall–Kier alpha value is -3.04. The van der Waals surface area contributed by atoms with Gasteiger partial charge in [-0.2, -0.15) is 0 Å². The number of nitrogens with one attached hydrogen (secondary N) is 1. The van der Waals surface area contributed by atoms with E-state index in [0.29, 0.717) is 34.8 Å². The van der Waals surface area contributed by atoms with E-state index in [1.807, 2.05) is 6.92 Å². The molecule has 0 radical (unpaired) electrons. The van der Waals surface area contributed by atoms with Gasteiger partial charge in [0.15, 0.2) is 9.84 Å². The number of rotatable bonds is 8. The first-order chi connectivity index (χ1) is 13.7. The van der Waals surface area contributed by atoms with E-state index >= 15 is 0 Å². The Morgan fingerprint density at radius 3 is 2.41 bits per heavy atom. The van der Waals surface area contributed by atoms with Crippen LogP contribution in [-0.4, -0.2) is 50.6 Å². The number of aromatic amines is 1. The van der Waals surface area contributed by atoms with E-state index in [0.717, 1.165) is 6.26 Å². The maximum absolute atomic E-state index is 11.6. The molecule has 0 amide bonds. The molecule has 1 aromatic heterocycles. The molecule has 8 nitrogen and oxygen atoms in total. The minimum absolute atomic E-state index is 0.0268. The largest absolute Gasteiger partial charge is 0.486 e. The first kappa shape index (κ1) is 20.7. The SMILES string of the molecule is COCC(C)Oc1cc(Oc2ccc(S(C)(=O)=O)cc2)cc2cc(C(=O)O)[nH]c12. The van der Waals surface area contributed by atoms with Gasteiger partial charge in [0, 0.05) is 24.8 Å². The number of carbonyl (C=O) groups is 1. The molecular formula is C20H21NO7S. The second-order valence-electron chi connectivity index (χ2n) is 6.60. The van der Waals surface area contributed by atoms with Gasteiger partial charge in [-0.1, -0.05) is 0 Å². The van der Waals surface area contributed by atoms with Crippen LogP contribution >= 0.6 is 0 Å². The second kappa shape index (κ2) is 8.14. The van der Waals surface area contributed by atoms with Gasteiger partial charge < -0.3 is 24.3 Å². The van der Waals surface area contributed by atoms with Gasteiger partial charge in [-0.3, -0.25) is 0 Å². The third kappa shape index (κ3) is 4.87. The molecule has 2 aromatic carbocycles. The fourth-order valence-corrected chi connectivity index (χ4v) is 3.46. The average Bonchev–Trinajstić information content (AvgIpc) is 3.06. The number of hydrogen-bond acceptors (Lipinski definition) is 6. The molecule has 0 bridgehead atoms. The van der Waals surface area contributed by atoms with Crippen LogP contribution in [0.1, 0.15) is 17.4 Å². The van der Waals surface area contributed by atoms with Crippen LogP contribution in [0.5, 0.6) is 17.2 Å². The molecule has 0 aliphatic carbocycles. The summed E-state index contributed by atoms with van der Waals surface area (Å²) < 4.78 is 40.0. The van der Waals surface area contributed by atoms with Gasteiger partial charge in [0.25, 0.3) is 0 Å². The van der Waals surface area contributed by atoms with Gasteiger partial charge in [0.2, 0.25) is 0 Å². The summed E-state index contributed by atoms with van der Waals surface area (Å²) in [6.07, 6.45) is 0.858. The molecule has 29 heavy (non-hydrogen) atoms. The summed E-state index contributed by atoms with van der Waals surface area (Å²) in [6.45, 7) is 2.18. The van der Waals surface area contributed by atoms with E-state index < -0.39 is 15.8 Å². The normalized spacial score (nSPS) is 12.7. The fourth-order valence-electron chi connectivity index (χ4n) is 2.83. The van der Waals surface area contributed by atoms with Crippen molar-refractivity contribution in [3.05, 3.63) is 48.2 Å². The van der Waals surface area contributed by atoms with Crippen molar-refractivity contribution in [2.24, 2.45) is 0 Å². The lowest BCUT2D eigenvalue weighted by molar-refractivity contribution is 0.0691. The number of carboxylic acids is 1. The third-order valence-corrected chi connectivity index (χ3v) is 5.24. The summed E-state index contributed by atoms with van der Waals surface area (Å²) in [6, 6.07) is 10.8.